The van der Waals surface area contributed by atoms with Gasteiger partial charge in [0.05, 0.1) is 5.56 Å². The lowest BCUT2D eigenvalue weighted by Crippen LogP contribution is -2.46. The number of carbonyl (C=O) groups excluding carboxylic acids is 2. The molecule has 1 unspecified atom stereocenters. The molecular weight excluding hydrogens is 387 g/mol. The molecule has 1 aromatic rings. The van der Waals surface area contributed by atoms with Crippen LogP contribution in [-0.2, 0) is 10.9 Å². The molecule has 0 radical (unpaired) electrons. The maximum Gasteiger partial charge on any atom is 0.416 e. The summed E-state index contributed by atoms with van der Waals surface area (Å²) in [6.07, 6.45) is -3.30. The Labute approximate surface area is 169 Å². The summed E-state index contributed by atoms with van der Waals surface area (Å²) in [5.41, 5.74) is -1.31. The summed E-state index contributed by atoms with van der Waals surface area (Å²) in [7, 11) is 1.65. The van der Waals surface area contributed by atoms with Gasteiger partial charge in [0.2, 0.25) is 0 Å². The minimum Gasteiger partial charge on any atom is -0.444 e. The van der Waals surface area contributed by atoms with E-state index in [1.807, 2.05) is 0 Å². The molecule has 29 heavy (non-hydrogen) atoms. The lowest BCUT2D eigenvalue weighted by molar-refractivity contribution is -0.137. The predicted molar refractivity (Wildman–Crippen MR) is 104 cm³/mol. The van der Waals surface area contributed by atoms with Gasteiger partial charge in [-0.25, -0.2) is 9.59 Å². The Morgan fingerprint density at radius 3 is 2.59 bits per heavy atom. The van der Waals surface area contributed by atoms with Crippen LogP contribution >= 0.6 is 0 Å². The van der Waals surface area contributed by atoms with E-state index in [-0.39, 0.29) is 11.6 Å². The van der Waals surface area contributed by atoms with Crippen molar-refractivity contribution in [2.75, 3.05) is 32.0 Å². The van der Waals surface area contributed by atoms with Crippen LogP contribution in [0.3, 0.4) is 0 Å². The van der Waals surface area contributed by atoms with E-state index in [9.17, 15) is 22.8 Å². The molecule has 2 rings (SSSR count). The van der Waals surface area contributed by atoms with Gasteiger partial charge in [0.1, 0.15) is 5.60 Å². The van der Waals surface area contributed by atoms with E-state index in [4.69, 9.17) is 4.74 Å². The van der Waals surface area contributed by atoms with E-state index in [1.54, 1.807) is 32.7 Å². The standard InChI is InChI=1S/C20H28F3N3O3/c1-19(2,3)29-18(28)25(4)12-14-7-6-10-26(13-14)17(27)24-16-9-5-8-15(11-16)20(21,22)23/h5,8-9,11,14H,6-7,10,12-13H2,1-4H3,(H,24,27). The fourth-order valence-electron chi connectivity index (χ4n) is 3.18. The summed E-state index contributed by atoms with van der Waals surface area (Å²) >= 11 is 0. The van der Waals surface area contributed by atoms with Crippen molar-refractivity contribution in [2.24, 2.45) is 5.92 Å². The SMILES string of the molecule is CN(CC1CCCN(C(=O)Nc2cccc(C(F)(F)F)c2)C1)C(=O)OC(C)(C)C. The largest absolute Gasteiger partial charge is 0.444 e. The summed E-state index contributed by atoms with van der Waals surface area (Å²) in [5.74, 6) is 0.0635. The molecule has 0 aromatic heterocycles. The highest BCUT2D eigenvalue weighted by molar-refractivity contribution is 5.89. The highest BCUT2D eigenvalue weighted by Crippen LogP contribution is 2.30. The van der Waals surface area contributed by atoms with Crippen LogP contribution in [0, 0.1) is 5.92 Å². The van der Waals surface area contributed by atoms with Gasteiger partial charge in [-0.1, -0.05) is 6.07 Å². The van der Waals surface area contributed by atoms with Gasteiger partial charge in [0.25, 0.3) is 0 Å². The van der Waals surface area contributed by atoms with E-state index in [1.165, 1.54) is 17.0 Å². The van der Waals surface area contributed by atoms with Crippen LogP contribution in [0.1, 0.15) is 39.2 Å². The fraction of sp³-hybridized carbons (Fsp3) is 0.600. The second-order valence-electron chi connectivity index (χ2n) is 8.32. The molecular formula is C20H28F3N3O3. The summed E-state index contributed by atoms with van der Waals surface area (Å²) < 4.78 is 43.8. The molecule has 1 aliphatic heterocycles. The summed E-state index contributed by atoms with van der Waals surface area (Å²) in [5, 5.41) is 2.53. The molecule has 0 aliphatic carbocycles. The molecule has 0 saturated carbocycles. The Morgan fingerprint density at radius 1 is 1.28 bits per heavy atom. The third-order valence-electron chi connectivity index (χ3n) is 4.48. The first-order valence-corrected chi connectivity index (χ1v) is 9.52. The number of halogens is 3. The second-order valence-corrected chi connectivity index (χ2v) is 8.32. The lowest BCUT2D eigenvalue weighted by Gasteiger charge is -2.35. The van der Waals surface area contributed by atoms with Gasteiger partial charge in [-0.3, -0.25) is 0 Å². The highest BCUT2D eigenvalue weighted by atomic mass is 19.4. The zero-order chi connectivity index (χ0) is 21.8. The van der Waals surface area contributed by atoms with Gasteiger partial charge in [-0.15, -0.1) is 0 Å². The number of nitrogens with zero attached hydrogens (tertiary/aromatic N) is 2. The van der Waals surface area contributed by atoms with Crippen LogP contribution in [0.4, 0.5) is 28.4 Å². The van der Waals surface area contributed by atoms with Crippen LogP contribution in [-0.4, -0.2) is 54.2 Å². The van der Waals surface area contributed by atoms with Crippen molar-refractivity contribution in [2.45, 2.75) is 45.4 Å². The number of anilines is 1. The molecule has 1 fully saturated rings. The molecule has 1 aromatic carbocycles. The smallest absolute Gasteiger partial charge is 0.416 e. The van der Waals surface area contributed by atoms with Crippen molar-refractivity contribution in [3.63, 3.8) is 0 Å². The number of urea groups is 1. The minimum absolute atomic E-state index is 0.0635. The number of piperidine rings is 1. The van der Waals surface area contributed by atoms with E-state index in [2.05, 4.69) is 5.32 Å². The lowest BCUT2D eigenvalue weighted by atomic mass is 9.98. The predicted octanol–water partition coefficient (Wildman–Crippen LogP) is 4.82. The minimum atomic E-state index is -4.47. The van der Waals surface area contributed by atoms with Gasteiger partial charge in [0, 0.05) is 32.4 Å². The number of rotatable bonds is 3. The van der Waals surface area contributed by atoms with Gasteiger partial charge < -0.3 is 19.9 Å². The first-order valence-electron chi connectivity index (χ1n) is 9.52. The number of amides is 3. The first kappa shape index (κ1) is 22.8. The summed E-state index contributed by atoms with van der Waals surface area (Å²) in [6.45, 7) is 6.73. The zero-order valence-corrected chi connectivity index (χ0v) is 17.2. The van der Waals surface area contributed by atoms with Crippen molar-refractivity contribution in [3.05, 3.63) is 29.8 Å². The average molecular weight is 415 g/mol. The van der Waals surface area contributed by atoms with Gasteiger partial charge >= 0.3 is 18.3 Å². The molecule has 0 spiro atoms. The van der Waals surface area contributed by atoms with E-state index in [0.717, 1.165) is 25.0 Å². The molecule has 1 saturated heterocycles. The van der Waals surface area contributed by atoms with Crippen LogP contribution in [0.5, 0.6) is 0 Å². The number of alkyl halides is 3. The summed E-state index contributed by atoms with van der Waals surface area (Å²) in [6, 6.07) is 4.10. The molecule has 1 heterocycles. The van der Waals surface area contributed by atoms with Gasteiger partial charge in [-0.05, 0) is 57.7 Å². The molecule has 3 amide bonds. The van der Waals surface area contributed by atoms with Crippen molar-refractivity contribution in [1.82, 2.24) is 9.80 Å². The number of hydrogen-bond acceptors (Lipinski definition) is 3. The van der Waals surface area contributed by atoms with Crippen molar-refractivity contribution >= 4 is 17.8 Å². The van der Waals surface area contributed by atoms with E-state index < -0.39 is 29.5 Å². The van der Waals surface area contributed by atoms with Crippen LogP contribution < -0.4 is 5.32 Å². The number of nitrogens with one attached hydrogen (secondary N) is 1. The average Bonchev–Trinajstić information content (AvgIpc) is 2.60. The van der Waals surface area contributed by atoms with Gasteiger partial charge in [-0.2, -0.15) is 13.2 Å². The van der Waals surface area contributed by atoms with E-state index >= 15 is 0 Å². The van der Waals surface area contributed by atoms with Crippen LogP contribution in [0.15, 0.2) is 24.3 Å². The molecule has 6 nitrogen and oxygen atoms in total. The molecule has 0 bridgehead atoms. The number of benzene rings is 1. The molecule has 1 atom stereocenters. The molecule has 9 heteroatoms. The molecule has 1 N–H and O–H groups in total. The number of carbonyl (C=O) groups is 2. The second kappa shape index (κ2) is 8.92. The Balaban J connectivity index is 1.93. The Bertz CT molecular complexity index is 732. The number of ether oxygens (including phenoxy) is 1. The zero-order valence-electron chi connectivity index (χ0n) is 17.2. The topological polar surface area (TPSA) is 61.9 Å². The monoisotopic (exact) mass is 415 g/mol. The fourth-order valence-corrected chi connectivity index (χ4v) is 3.18. The van der Waals surface area contributed by atoms with Gasteiger partial charge in [0.15, 0.2) is 0 Å². The maximum absolute atomic E-state index is 12.8. The van der Waals surface area contributed by atoms with E-state index in [0.29, 0.717) is 19.6 Å². The van der Waals surface area contributed by atoms with Crippen LogP contribution in [0.2, 0.25) is 0 Å². The van der Waals surface area contributed by atoms with Crippen molar-refractivity contribution in [3.8, 4) is 0 Å². The Kier molecular flexibility index (Phi) is 7.02. The Morgan fingerprint density at radius 2 is 1.97 bits per heavy atom. The summed E-state index contributed by atoms with van der Waals surface area (Å²) in [4.78, 5) is 27.7. The van der Waals surface area contributed by atoms with Crippen molar-refractivity contribution in [1.29, 1.82) is 0 Å². The van der Waals surface area contributed by atoms with Crippen molar-refractivity contribution < 1.29 is 27.5 Å². The third kappa shape index (κ3) is 7.14. The molecule has 162 valence electrons. The third-order valence-corrected chi connectivity index (χ3v) is 4.48. The quantitative estimate of drug-likeness (QED) is 0.770. The Hall–Kier alpha value is -2.45. The highest BCUT2D eigenvalue weighted by Gasteiger charge is 2.31. The number of likely N-dealkylation sites (tertiary alicyclic amines) is 1. The maximum atomic E-state index is 12.8. The normalized spacial score (nSPS) is 17.6. The molecule has 1 aliphatic rings. The number of hydrogen-bond donors (Lipinski definition) is 1. The first-order chi connectivity index (χ1) is 13.3. The van der Waals surface area contributed by atoms with Crippen LogP contribution in [0.25, 0.3) is 0 Å².